The van der Waals surface area contributed by atoms with Crippen LogP contribution in [0.5, 0.6) is 0 Å². The second-order valence-electron chi connectivity index (χ2n) is 7.28. The molecule has 1 aliphatic heterocycles. The van der Waals surface area contributed by atoms with E-state index in [0.29, 0.717) is 18.5 Å². The molecule has 6 heteroatoms. The van der Waals surface area contributed by atoms with Crippen molar-refractivity contribution in [2.45, 2.75) is 32.4 Å². The van der Waals surface area contributed by atoms with Crippen LogP contribution in [0, 0.1) is 0 Å². The Hall–Kier alpha value is -3.41. The van der Waals surface area contributed by atoms with Gasteiger partial charge in [-0.25, -0.2) is 4.98 Å². The summed E-state index contributed by atoms with van der Waals surface area (Å²) >= 11 is 0. The Morgan fingerprint density at radius 2 is 1.76 bits per heavy atom. The third-order valence-corrected chi connectivity index (χ3v) is 5.16. The number of hydrogen-bond acceptors (Lipinski definition) is 3. The smallest absolute Gasteiger partial charge is 0.251 e. The Labute approximate surface area is 170 Å². The average Bonchev–Trinajstić information content (AvgIpc) is 3.27. The van der Waals surface area contributed by atoms with Crippen molar-refractivity contribution in [2.75, 3.05) is 11.4 Å². The first-order chi connectivity index (χ1) is 14.2. The highest BCUT2D eigenvalue weighted by molar-refractivity contribution is 5.96. The zero-order chi connectivity index (χ0) is 20.1. The van der Waals surface area contributed by atoms with Crippen molar-refractivity contribution in [3.8, 4) is 0 Å². The Balaban J connectivity index is 1.31. The number of nitrogens with zero attached hydrogens (tertiary/aromatic N) is 3. The number of aromatic nitrogens is 2. The van der Waals surface area contributed by atoms with Gasteiger partial charge in [0.2, 0.25) is 5.91 Å². The van der Waals surface area contributed by atoms with Crippen LogP contribution in [-0.2, 0) is 17.9 Å². The summed E-state index contributed by atoms with van der Waals surface area (Å²) in [5, 5.41) is 2.95. The summed E-state index contributed by atoms with van der Waals surface area (Å²) in [6.45, 7) is 2.00. The standard InChI is InChI=1S/C23H24N4O2/c28-22-3-1-2-13-27(22)21-10-8-20(9-11-21)23(29)25-15-18-4-6-19(7-5-18)16-26-14-12-24-17-26/h4-12,14,17H,1-3,13,15-16H2,(H,25,29). The molecule has 1 saturated heterocycles. The van der Waals surface area contributed by atoms with E-state index in [1.54, 1.807) is 29.6 Å². The lowest BCUT2D eigenvalue weighted by molar-refractivity contribution is -0.119. The minimum Gasteiger partial charge on any atom is -0.348 e. The Kier molecular flexibility index (Phi) is 5.70. The van der Waals surface area contributed by atoms with Crippen LogP contribution in [0.4, 0.5) is 5.69 Å². The molecule has 148 valence electrons. The van der Waals surface area contributed by atoms with Gasteiger partial charge in [0, 0.05) is 49.7 Å². The van der Waals surface area contributed by atoms with E-state index in [2.05, 4.69) is 22.4 Å². The van der Waals surface area contributed by atoms with Crippen LogP contribution in [0.1, 0.15) is 40.7 Å². The SMILES string of the molecule is O=C(NCc1ccc(Cn2ccnc2)cc1)c1ccc(N2CCCCC2=O)cc1. The van der Waals surface area contributed by atoms with Crippen molar-refractivity contribution in [1.29, 1.82) is 0 Å². The molecule has 0 radical (unpaired) electrons. The zero-order valence-corrected chi connectivity index (χ0v) is 16.3. The highest BCUT2D eigenvalue weighted by atomic mass is 16.2. The van der Waals surface area contributed by atoms with Gasteiger partial charge in [0.15, 0.2) is 0 Å². The molecule has 4 rings (SSSR count). The van der Waals surface area contributed by atoms with Crippen molar-refractivity contribution < 1.29 is 9.59 Å². The maximum Gasteiger partial charge on any atom is 0.251 e. The first kappa shape index (κ1) is 18.9. The number of benzene rings is 2. The van der Waals surface area contributed by atoms with Gasteiger partial charge >= 0.3 is 0 Å². The van der Waals surface area contributed by atoms with E-state index >= 15 is 0 Å². The summed E-state index contributed by atoms with van der Waals surface area (Å²) in [6.07, 6.45) is 8.07. The van der Waals surface area contributed by atoms with E-state index < -0.39 is 0 Å². The molecule has 6 nitrogen and oxygen atoms in total. The average molecular weight is 388 g/mol. The third kappa shape index (κ3) is 4.71. The van der Waals surface area contributed by atoms with E-state index in [9.17, 15) is 9.59 Å². The topological polar surface area (TPSA) is 67.2 Å². The fourth-order valence-electron chi connectivity index (χ4n) is 3.51. The fourth-order valence-corrected chi connectivity index (χ4v) is 3.51. The molecule has 0 saturated carbocycles. The number of piperidine rings is 1. The second-order valence-corrected chi connectivity index (χ2v) is 7.28. The van der Waals surface area contributed by atoms with Gasteiger partial charge < -0.3 is 14.8 Å². The van der Waals surface area contributed by atoms with Crippen LogP contribution < -0.4 is 10.2 Å². The van der Waals surface area contributed by atoms with Crippen LogP contribution in [-0.4, -0.2) is 27.9 Å². The first-order valence-electron chi connectivity index (χ1n) is 9.91. The zero-order valence-electron chi connectivity index (χ0n) is 16.3. The molecular weight excluding hydrogens is 364 g/mol. The fraction of sp³-hybridized carbons (Fsp3) is 0.261. The van der Waals surface area contributed by atoms with Gasteiger partial charge in [-0.05, 0) is 48.2 Å². The Bertz CT molecular complexity index is 963. The number of rotatable bonds is 6. The molecular formula is C23H24N4O2. The van der Waals surface area contributed by atoms with Crippen molar-refractivity contribution in [3.05, 3.63) is 83.9 Å². The molecule has 2 aromatic carbocycles. The van der Waals surface area contributed by atoms with Gasteiger partial charge in [-0.3, -0.25) is 9.59 Å². The number of nitrogens with one attached hydrogen (secondary N) is 1. The van der Waals surface area contributed by atoms with E-state index in [0.717, 1.165) is 37.2 Å². The summed E-state index contributed by atoms with van der Waals surface area (Å²) in [5.41, 5.74) is 3.68. The Morgan fingerprint density at radius 1 is 1.00 bits per heavy atom. The van der Waals surface area contributed by atoms with Gasteiger partial charge in [-0.2, -0.15) is 0 Å². The normalized spacial score (nSPS) is 14.1. The largest absolute Gasteiger partial charge is 0.348 e. The van der Waals surface area contributed by atoms with Crippen LogP contribution in [0.3, 0.4) is 0 Å². The second kappa shape index (κ2) is 8.73. The van der Waals surface area contributed by atoms with Gasteiger partial charge in [0.25, 0.3) is 5.91 Å². The molecule has 0 aliphatic carbocycles. The van der Waals surface area contributed by atoms with Crippen LogP contribution in [0.15, 0.2) is 67.3 Å². The molecule has 1 fully saturated rings. The Morgan fingerprint density at radius 3 is 2.45 bits per heavy atom. The van der Waals surface area contributed by atoms with Crippen LogP contribution >= 0.6 is 0 Å². The summed E-state index contributed by atoms with van der Waals surface area (Å²) in [4.78, 5) is 30.3. The van der Waals surface area contributed by atoms with Gasteiger partial charge in [0.1, 0.15) is 0 Å². The van der Waals surface area contributed by atoms with Crippen molar-refractivity contribution >= 4 is 17.5 Å². The summed E-state index contributed by atoms with van der Waals surface area (Å²) in [5.74, 6) is 0.0361. The van der Waals surface area contributed by atoms with Crippen LogP contribution in [0.25, 0.3) is 0 Å². The monoisotopic (exact) mass is 388 g/mol. The van der Waals surface area contributed by atoms with Crippen molar-refractivity contribution in [3.63, 3.8) is 0 Å². The minimum atomic E-state index is -0.121. The number of carbonyl (C=O) groups excluding carboxylic acids is 2. The molecule has 3 aromatic rings. The molecule has 0 atom stereocenters. The molecule has 29 heavy (non-hydrogen) atoms. The first-order valence-corrected chi connectivity index (χ1v) is 9.91. The highest BCUT2D eigenvalue weighted by Crippen LogP contribution is 2.21. The predicted octanol–water partition coefficient (Wildman–Crippen LogP) is 3.38. The number of anilines is 1. The van der Waals surface area contributed by atoms with E-state index in [1.807, 2.05) is 35.0 Å². The van der Waals surface area contributed by atoms with Gasteiger partial charge in [-0.15, -0.1) is 0 Å². The summed E-state index contributed by atoms with van der Waals surface area (Å²) < 4.78 is 2.01. The summed E-state index contributed by atoms with van der Waals surface area (Å²) in [7, 11) is 0. The highest BCUT2D eigenvalue weighted by Gasteiger charge is 2.19. The number of amides is 2. The van der Waals surface area contributed by atoms with E-state index in [4.69, 9.17) is 0 Å². The predicted molar refractivity (Wildman–Crippen MR) is 112 cm³/mol. The molecule has 0 unspecified atom stereocenters. The van der Waals surface area contributed by atoms with Gasteiger partial charge in [0.05, 0.1) is 6.33 Å². The molecule has 1 aliphatic rings. The van der Waals surface area contributed by atoms with Crippen molar-refractivity contribution in [2.24, 2.45) is 0 Å². The molecule has 0 spiro atoms. The maximum absolute atomic E-state index is 12.4. The number of carbonyl (C=O) groups is 2. The lowest BCUT2D eigenvalue weighted by Crippen LogP contribution is -2.35. The summed E-state index contributed by atoms with van der Waals surface area (Å²) in [6, 6.07) is 15.4. The number of hydrogen-bond donors (Lipinski definition) is 1. The van der Waals surface area contributed by atoms with E-state index in [1.165, 1.54) is 5.56 Å². The lowest BCUT2D eigenvalue weighted by atomic mass is 10.1. The van der Waals surface area contributed by atoms with Crippen molar-refractivity contribution in [1.82, 2.24) is 14.9 Å². The maximum atomic E-state index is 12.4. The van der Waals surface area contributed by atoms with E-state index in [-0.39, 0.29) is 11.8 Å². The molecule has 1 N–H and O–H groups in total. The molecule has 2 amide bonds. The van der Waals surface area contributed by atoms with Crippen LogP contribution in [0.2, 0.25) is 0 Å². The quantitative estimate of drug-likeness (QED) is 0.704. The molecule has 0 bridgehead atoms. The minimum absolute atomic E-state index is 0.121. The van der Waals surface area contributed by atoms with Gasteiger partial charge in [-0.1, -0.05) is 24.3 Å². The molecule has 2 heterocycles. The third-order valence-electron chi connectivity index (χ3n) is 5.16. The number of imidazole rings is 1. The lowest BCUT2D eigenvalue weighted by Gasteiger charge is -2.26. The molecule has 1 aromatic heterocycles.